The summed E-state index contributed by atoms with van der Waals surface area (Å²) in [5, 5.41) is 0. The number of unbranched alkanes of at least 4 members (excludes halogenated alkanes) is 2. The van der Waals surface area contributed by atoms with Gasteiger partial charge < -0.3 is 9.80 Å². The first-order valence-electron chi connectivity index (χ1n) is 6.54. The van der Waals surface area contributed by atoms with E-state index in [1.807, 2.05) is 14.1 Å². The van der Waals surface area contributed by atoms with Crippen LogP contribution < -0.4 is 0 Å². The van der Waals surface area contributed by atoms with Crippen LogP contribution in [0, 0.1) is 0 Å². The molecule has 0 atom stereocenters. The van der Waals surface area contributed by atoms with Crippen molar-refractivity contribution in [3.8, 4) is 0 Å². The molecule has 96 valence electrons. The van der Waals surface area contributed by atoms with E-state index in [4.69, 9.17) is 0 Å². The molecule has 0 unspecified atom stereocenters. The minimum absolute atomic E-state index is 0.234. The quantitative estimate of drug-likeness (QED) is 0.605. The molecule has 3 nitrogen and oxygen atoms in total. The van der Waals surface area contributed by atoms with Gasteiger partial charge in [0.2, 0.25) is 5.91 Å². The number of amides is 1. The van der Waals surface area contributed by atoms with Gasteiger partial charge >= 0.3 is 0 Å². The molecule has 3 heteroatoms. The first kappa shape index (κ1) is 15.4. The van der Waals surface area contributed by atoms with E-state index in [1.54, 1.807) is 4.90 Å². The van der Waals surface area contributed by atoms with Crippen molar-refractivity contribution in [2.45, 2.75) is 46.0 Å². The molecule has 0 fully saturated rings. The van der Waals surface area contributed by atoms with Crippen LogP contribution in [0.4, 0.5) is 0 Å². The molecule has 0 bridgehead atoms. The van der Waals surface area contributed by atoms with Crippen molar-refractivity contribution in [3.05, 3.63) is 0 Å². The summed E-state index contributed by atoms with van der Waals surface area (Å²) < 4.78 is 0. The van der Waals surface area contributed by atoms with E-state index >= 15 is 0 Å². The lowest BCUT2D eigenvalue weighted by atomic mass is 10.2. The fourth-order valence-electron chi connectivity index (χ4n) is 1.58. The van der Waals surface area contributed by atoms with Crippen molar-refractivity contribution in [1.29, 1.82) is 0 Å². The predicted molar refractivity (Wildman–Crippen MR) is 69.6 cm³/mol. The summed E-state index contributed by atoms with van der Waals surface area (Å²) in [7, 11) is 3.65. The van der Waals surface area contributed by atoms with Crippen LogP contribution in [0.25, 0.3) is 0 Å². The Kier molecular flexibility index (Phi) is 9.30. The van der Waals surface area contributed by atoms with Gasteiger partial charge in [0.1, 0.15) is 0 Å². The molecule has 0 aromatic heterocycles. The van der Waals surface area contributed by atoms with Crippen LogP contribution in [0.15, 0.2) is 0 Å². The monoisotopic (exact) mass is 228 g/mol. The molecule has 0 aliphatic rings. The number of hydrogen-bond acceptors (Lipinski definition) is 2. The van der Waals surface area contributed by atoms with E-state index in [0.717, 1.165) is 19.6 Å². The zero-order chi connectivity index (χ0) is 12.4. The molecule has 0 radical (unpaired) electrons. The minimum atomic E-state index is 0.234. The third-order valence-electron chi connectivity index (χ3n) is 2.80. The van der Waals surface area contributed by atoms with Crippen molar-refractivity contribution >= 4 is 5.91 Å². The molecule has 0 saturated carbocycles. The highest BCUT2D eigenvalue weighted by Gasteiger charge is 2.08. The molecule has 0 saturated heterocycles. The lowest BCUT2D eigenvalue weighted by molar-refractivity contribution is -0.129. The van der Waals surface area contributed by atoms with E-state index in [-0.39, 0.29) is 5.91 Å². The van der Waals surface area contributed by atoms with Crippen LogP contribution >= 0.6 is 0 Å². The molecule has 0 spiro atoms. The molecule has 0 aliphatic heterocycles. The Bertz CT molecular complexity index is 173. The summed E-state index contributed by atoms with van der Waals surface area (Å²) >= 11 is 0. The van der Waals surface area contributed by atoms with E-state index in [0.29, 0.717) is 6.42 Å². The van der Waals surface area contributed by atoms with Gasteiger partial charge in [-0.05, 0) is 25.9 Å². The Morgan fingerprint density at radius 3 is 1.81 bits per heavy atom. The maximum Gasteiger partial charge on any atom is 0.223 e. The number of hydrogen-bond donors (Lipinski definition) is 0. The van der Waals surface area contributed by atoms with Gasteiger partial charge in [-0.1, -0.05) is 26.7 Å². The average Bonchev–Trinajstić information content (AvgIpc) is 2.27. The Hall–Kier alpha value is -0.570. The predicted octanol–water partition coefficient (Wildman–Crippen LogP) is 2.37. The standard InChI is InChI=1S/C13H28N2O/c1-5-7-10-15(11-8-6-2)12-9-13(16)14(3)4/h5-12H2,1-4H3. The summed E-state index contributed by atoms with van der Waals surface area (Å²) in [5.41, 5.74) is 0. The van der Waals surface area contributed by atoms with Gasteiger partial charge in [-0.15, -0.1) is 0 Å². The number of carbonyl (C=O) groups is 1. The average molecular weight is 228 g/mol. The molecule has 0 aliphatic carbocycles. The van der Waals surface area contributed by atoms with E-state index < -0.39 is 0 Å². The lowest BCUT2D eigenvalue weighted by Crippen LogP contribution is -2.31. The Morgan fingerprint density at radius 1 is 0.938 bits per heavy atom. The smallest absolute Gasteiger partial charge is 0.223 e. The molecule has 0 aromatic rings. The zero-order valence-electron chi connectivity index (χ0n) is 11.5. The van der Waals surface area contributed by atoms with Crippen molar-refractivity contribution in [2.75, 3.05) is 33.7 Å². The van der Waals surface area contributed by atoms with Crippen LogP contribution in [-0.4, -0.2) is 49.4 Å². The SMILES string of the molecule is CCCCN(CCCC)CCC(=O)N(C)C. The molecule has 0 heterocycles. The second-order valence-electron chi connectivity index (χ2n) is 4.59. The fraction of sp³-hybridized carbons (Fsp3) is 0.923. The lowest BCUT2D eigenvalue weighted by Gasteiger charge is -2.22. The first-order valence-corrected chi connectivity index (χ1v) is 6.54. The highest BCUT2D eigenvalue weighted by molar-refractivity contribution is 5.75. The minimum Gasteiger partial charge on any atom is -0.349 e. The summed E-state index contributed by atoms with van der Waals surface area (Å²) in [5.74, 6) is 0.234. The van der Waals surface area contributed by atoms with E-state index in [2.05, 4.69) is 18.7 Å². The third kappa shape index (κ3) is 7.69. The van der Waals surface area contributed by atoms with Crippen LogP contribution in [0.3, 0.4) is 0 Å². The number of carbonyl (C=O) groups excluding carboxylic acids is 1. The molecule has 0 rings (SSSR count). The van der Waals surface area contributed by atoms with Gasteiger partial charge in [0.25, 0.3) is 0 Å². The maximum absolute atomic E-state index is 11.5. The van der Waals surface area contributed by atoms with Crippen molar-refractivity contribution in [1.82, 2.24) is 9.80 Å². The Morgan fingerprint density at radius 2 is 1.44 bits per heavy atom. The summed E-state index contributed by atoms with van der Waals surface area (Å²) in [4.78, 5) is 15.6. The number of nitrogens with zero attached hydrogens (tertiary/aromatic N) is 2. The molecule has 0 N–H and O–H groups in total. The van der Waals surface area contributed by atoms with Gasteiger partial charge in [-0.3, -0.25) is 4.79 Å². The zero-order valence-corrected chi connectivity index (χ0v) is 11.5. The summed E-state index contributed by atoms with van der Waals surface area (Å²) in [6.07, 6.45) is 5.58. The van der Waals surface area contributed by atoms with Crippen molar-refractivity contribution in [2.24, 2.45) is 0 Å². The van der Waals surface area contributed by atoms with Crippen molar-refractivity contribution < 1.29 is 4.79 Å². The van der Waals surface area contributed by atoms with E-state index in [9.17, 15) is 4.79 Å². The molecular formula is C13H28N2O. The second kappa shape index (κ2) is 9.64. The molecule has 1 amide bonds. The molecule has 16 heavy (non-hydrogen) atoms. The first-order chi connectivity index (χ1) is 7.61. The van der Waals surface area contributed by atoms with Crippen molar-refractivity contribution in [3.63, 3.8) is 0 Å². The van der Waals surface area contributed by atoms with Gasteiger partial charge in [0.05, 0.1) is 0 Å². The largest absolute Gasteiger partial charge is 0.349 e. The number of rotatable bonds is 9. The molecular weight excluding hydrogens is 200 g/mol. The van der Waals surface area contributed by atoms with Crippen LogP contribution in [0.5, 0.6) is 0 Å². The highest BCUT2D eigenvalue weighted by Crippen LogP contribution is 2.01. The Balaban J connectivity index is 3.85. The van der Waals surface area contributed by atoms with Gasteiger partial charge in [-0.25, -0.2) is 0 Å². The fourth-order valence-corrected chi connectivity index (χ4v) is 1.58. The molecule has 0 aromatic carbocycles. The summed E-state index contributed by atoms with van der Waals surface area (Å²) in [6, 6.07) is 0. The topological polar surface area (TPSA) is 23.6 Å². The van der Waals surface area contributed by atoms with Gasteiger partial charge in [-0.2, -0.15) is 0 Å². The second-order valence-corrected chi connectivity index (χ2v) is 4.59. The Labute approximate surface area is 101 Å². The maximum atomic E-state index is 11.5. The van der Waals surface area contributed by atoms with Crippen LogP contribution in [0.2, 0.25) is 0 Å². The van der Waals surface area contributed by atoms with Crippen LogP contribution in [-0.2, 0) is 4.79 Å². The van der Waals surface area contributed by atoms with E-state index in [1.165, 1.54) is 25.7 Å². The summed E-state index contributed by atoms with van der Waals surface area (Å²) in [6.45, 7) is 7.61. The van der Waals surface area contributed by atoms with Gasteiger partial charge in [0, 0.05) is 27.1 Å². The third-order valence-corrected chi connectivity index (χ3v) is 2.80. The normalized spacial score (nSPS) is 10.8. The van der Waals surface area contributed by atoms with Crippen LogP contribution in [0.1, 0.15) is 46.0 Å². The van der Waals surface area contributed by atoms with Gasteiger partial charge in [0.15, 0.2) is 0 Å². The highest BCUT2D eigenvalue weighted by atomic mass is 16.2.